The molecule has 0 radical (unpaired) electrons. The van der Waals surface area contributed by atoms with Crippen molar-refractivity contribution in [2.24, 2.45) is 0 Å². The average Bonchev–Trinajstić information content (AvgIpc) is 3.59. The van der Waals surface area contributed by atoms with Crippen LogP contribution in [-0.4, -0.2) is 71.9 Å². The van der Waals surface area contributed by atoms with Crippen molar-refractivity contribution in [1.29, 1.82) is 0 Å². The lowest BCUT2D eigenvalue weighted by molar-refractivity contribution is -0.148. The molecule has 34 heavy (non-hydrogen) atoms. The summed E-state index contributed by atoms with van der Waals surface area (Å²) in [6, 6.07) is 8.34. The van der Waals surface area contributed by atoms with Gasteiger partial charge in [-0.25, -0.2) is 9.78 Å². The number of carbonyl (C=O) groups excluding carboxylic acids is 2. The number of ether oxygens (including phenoxy) is 2. The van der Waals surface area contributed by atoms with Crippen molar-refractivity contribution in [3.63, 3.8) is 0 Å². The third-order valence-electron chi connectivity index (χ3n) is 6.35. The van der Waals surface area contributed by atoms with Gasteiger partial charge in [-0.1, -0.05) is 23.8 Å². The van der Waals surface area contributed by atoms with Crippen LogP contribution in [0.15, 0.2) is 30.5 Å². The van der Waals surface area contributed by atoms with Crippen LogP contribution in [0.3, 0.4) is 0 Å². The summed E-state index contributed by atoms with van der Waals surface area (Å²) in [7, 11) is 1.36. The largest absolute Gasteiger partial charge is 0.453 e. The van der Waals surface area contributed by atoms with E-state index in [1.807, 2.05) is 17.2 Å². The molecule has 2 atom stereocenters. The van der Waals surface area contributed by atoms with Crippen LogP contribution in [0.4, 0.5) is 4.79 Å². The van der Waals surface area contributed by atoms with Crippen molar-refractivity contribution in [2.75, 3.05) is 33.4 Å². The molecule has 4 rings (SSSR count). The van der Waals surface area contributed by atoms with E-state index in [9.17, 15) is 9.59 Å². The summed E-state index contributed by atoms with van der Waals surface area (Å²) in [5, 5.41) is 5.98. The third-order valence-corrected chi connectivity index (χ3v) is 6.35. The van der Waals surface area contributed by atoms with E-state index in [1.54, 1.807) is 0 Å². The number of amides is 2. The third kappa shape index (κ3) is 5.77. The second-order valence-electron chi connectivity index (χ2n) is 9.04. The number of benzene rings is 1. The van der Waals surface area contributed by atoms with Gasteiger partial charge in [-0.2, -0.15) is 0 Å². The van der Waals surface area contributed by atoms with Crippen LogP contribution < -0.4 is 10.6 Å². The molecule has 0 bridgehead atoms. The maximum Gasteiger partial charge on any atom is 0.406 e. The molecule has 0 unspecified atom stereocenters. The molecule has 9 nitrogen and oxygen atoms in total. The number of aryl methyl sites for hydroxylation is 2. The van der Waals surface area contributed by atoms with Crippen molar-refractivity contribution in [2.45, 2.75) is 57.8 Å². The molecule has 1 aromatic heterocycles. The smallest absolute Gasteiger partial charge is 0.406 e. The Hall–Kier alpha value is -2.91. The first-order chi connectivity index (χ1) is 16.5. The summed E-state index contributed by atoms with van der Waals surface area (Å²) in [6.45, 7) is 7.17. The minimum Gasteiger partial charge on any atom is -0.453 e. The van der Waals surface area contributed by atoms with Gasteiger partial charge in [-0.3, -0.25) is 4.79 Å². The first-order valence-electron chi connectivity index (χ1n) is 12.1. The van der Waals surface area contributed by atoms with Gasteiger partial charge in [-0.05, 0) is 39.2 Å². The monoisotopic (exact) mass is 469 g/mol. The number of rotatable bonds is 9. The molecule has 2 N–H and O–H groups in total. The van der Waals surface area contributed by atoms with Crippen molar-refractivity contribution in [3.05, 3.63) is 41.7 Å². The fourth-order valence-electron chi connectivity index (χ4n) is 4.41. The number of hydrogen-bond donors (Lipinski definition) is 2. The zero-order chi connectivity index (χ0) is 24.1. The zero-order valence-corrected chi connectivity index (χ0v) is 20.3. The number of hydrogen-bond acceptors (Lipinski definition) is 6. The number of carbonyl (C=O) groups is 2. The molecule has 2 heterocycles. The summed E-state index contributed by atoms with van der Waals surface area (Å²) in [4.78, 5) is 31.7. The van der Waals surface area contributed by atoms with Crippen LogP contribution in [0.1, 0.15) is 43.5 Å². The quantitative estimate of drug-likeness (QED) is 0.548. The highest BCUT2D eigenvalue weighted by atomic mass is 16.5. The highest BCUT2D eigenvalue weighted by Gasteiger charge is 2.40. The molecule has 2 fully saturated rings. The van der Waals surface area contributed by atoms with Gasteiger partial charge in [0.1, 0.15) is 11.9 Å². The molecule has 2 aromatic rings. The molecular weight excluding hydrogens is 434 g/mol. The van der Waals surface area contributed by atoms with E-state index in [4.69, 9.17) is 9.72 Å². The molecular formula is C25H35N5O4. The summed E-state index contributed by atoms with van der Waals surface area (Å²) >= 11 is 0. The average molecular weight is 470 g/mol. The van der Waals surface area contributed by atoms with Crippen LogP contribution in [0.2, 0.25) is 0 Å². The van der Waals surface area contributed by atoms with Gasteiger partial charge in [0, 0.05) is 44.0 Å². The normalized spacial score (nSPS) is 18.9. The first kappa shape index (κ1) is 24.2. The topological polar surface area (TPSA) is 97.7 Å². The second-order valence-corrected chi connectivity index (χ2v) is 9.04. The van der Waals surface area contributed by atoms with E-state index in [-0.39, 0.29) is 18.0 Å². The fraction of sp³-hybridized carbons (Fsp3) is 0.560. The molecule has 2 amide bonds. The number of methoxy groups -OCH3 is 1. The van der Waals surface area contributed by atoms with Crippen molar-refractivity contribution in [3.8, 4) is 11.4 Å². The number of nitrogens with zero attached hydrogens (tertiary/aromatic N) is 3. The summed E-state index contributed by atoms with van der Waals surface area (Å²) in [5.74, 6) is 0.901. The number of nitrogens with one attached hydrogen (secondary N) is 2. The van der Waals surface area contributed by atoms with E-state index in [0.29, 0.717) is 26.2 Å². The lowest BCUT2D eigenvalue weighted by Crippen LogP contribution is -2.50. The Bertz CT molecular complexity index is 997. The van der Waals surface area contributed by atoms with Crippen molar-refractivity contribution >= 4 is 12.0 Å². The number of alkyl carbamates (subject to hydrolysis) is 1. The Kier molecular flexibility index (Phi) is 7.84. The van der Waals surface area contributed by atoms with E-state index < -0.39 is 12.2 Å². The van der Waals surface area contributed by atoms with Gasteiger partial charge in [0.15, 0.2) is 0 Å². The Balaban J connectivity index is 1.57. The van der Waals surface area contributed by atoms with Crippen LogP contribution in [0, 0.1) is 6.92 Å². The molecule has 1 aliphatic heterocycles. The summed E-state index contributed by atoms with van der Waals surface area (Å²) in [6.07, 6.45) is 3.92. The van der Waals surface area contributed by atoms with E-state index in [0.717, 1.165) is 48.5 Å². The molecule has 0 spiro atoms. The maximum atomic E-state index is 13.4. The van der Waals surface area contributed by atoms with Gasteiger partial charge in [0.05, 0.1) is 25.5 Å². The Labute approximate surface area is 200 Å². The molecule has 1 aliphatic carbocycles. The van der Waals surface area contributed by atoms with Gasteiger partial charge >= 0.3 is 6.09 Å². The van der Waals surface area contributed by atoms with Gasteiger partial charge in [-0.15, -0.1) is 0 Å². The molecule has 1 aromatic carbocycles. The molecule has 9 heteroatoms. The van der Waals surface area contributed by atoms with Gasteiger partial charge < -0.3 is 29.6 Å². The summed E-state index contributed by atoms with van der Waals surface area (Å²) in [5.41, 5.74) is 3.05. The molecule has 184 valence electrons. The lowest BCUT2D eigenvalue weighted by atomic mass is 10.1. The zero-order valence-electron chi connectivity index (χ0n) is 20.3. The molecule has 1 saturated heterocycles. The number of imidazole rings is 1. The van der Waals surface area contributed by atoms with Crippen LogP contribution in [0.25, 0.3) is 11.4 Å². The van der Waals surface area contributed by atoms with E-state index >= 15 is 0 Å². The van der Waals surface area contributed by atoms with Crippen LogP contribution in [-0.2, 0) is 20.8 Å². The number of morpholine rings is 1. The minimum atomic E-state index is -0.445. The Morgan fingerprint density at radius 3 is 2.88 bits per heavy atom. The van der Waals surface area contributed by atoms with Crippen molar-refractivity contribution < 1.29 is 19.1 Å². The first-order valence-corrected chi connectivity index (χ1v) is 12.1. The Morgan fingerprint density at radius 1 is 1.38 bits per heavy atom. The minimum absolute atomic E-state index is 0.0381. The lowest BCUT2D eigenvalue weighted by Gasteiger charge is -2.33. The van der Waals surface area contributed by atoms with Crippen LogP contribution in [0.5, 0.6) is 0 Å². The number of aromatic nitrogens is 2. The maximum absolute atomic E-state index is 13.4. The molecule has 1 saturated carbocycles. The van der Waals surface area contributed by atoms with Gasteiger partial charge in [0.2, 0.25) is 0 Å². The standard InChI is InChI=1S/C25H35N5O4/c1-17-6-4-7-19(14-17)23-28-21(16-29(23)12-5-10-27-25(32)33-3)18(2)30(20-8-9-20)24(31)22-15-26-11-13-34-22/h4,6-7,14,16,18,20,22,26H,5,8-13,15H2,1-3H3,(H,27,32)/t18-,22-/m1/s1. The predicted molar refractivity (Wildman–Crippen MR) is 128 cm³/mol. The Morgan fingerprint density at radius 2 is 2.21 bits per heavy atom. The SMILES string of the molecule is COC(=O)NCCCn1cc([C@@H](C)N(C(=O)[C@H]2CNCCO2)C2CC2)nc1-c1cccc(C)c1. The highest BCUT2D eigenvalue weighted by molar-refractivity contribution is 5.82. The molecule has 2 aliphatic rings. The van der Waals surface area contributed by atoms with E-state index in [1.165, 1.54) is 7.11 Å². The predicted octanol–water partition coefficient (Wildman–Crippen LogP) is 2.65. The van der Waals surface area contributed by atoms with Crippen LogP contribution >= 0.6 is 0 Å². The highest BCUT2D eigenvalue weighted by Crippen LogP contribution is 2.36. The summed E-state index contributed by atoms with van der Waals surface area (Å²) < 4.78 is 12.5. The fourth-order valence-corrected chi connectivity index (χ4v) is 4.41. The second kappa shape index (κ2) is 11.0. The van der Waals surface area contributed by atoms with Gasteiger partial charge in [0.25, 0.3) is 5.91 Å². The van der Waals surface area contributed by atoms with E-state index in [2.05, 4.69) is 52.0 Å². The van der Waals surface area contributed by atoms with Crippen molar-refractivity contribution in [1.82, 2.24) is 25.1 Å².